The summed E-state index contributed by atoms with van der Waals surface area (Å²) >= 11 is 0. The molecule has 1 saturated heterocycles. The SMILES string of the molecule is CCCCC/C=C/CC/C=C/[C@@H](O)[C@H](CO[C@@H]1O[C@H](CO)[C@@H](O)C(O)C1O)NC(=O)CCCCCCCCCCCCC. The average molecular weight is 614 g/mol. The largest absolute Gasteiger partial charge is 0.394 e. The lowest BCUT2D eigenvalue weighted by Gasteiger charge is -2.40. The maximum absolute atomic E-state index is 12.8. The van der Waals surface area contributed by atoms with Crippen molar-refractivity contribution in [1.82, 2.24) is 5.32 Å². The Morgan fingerprint density at radius 2 is 1.33 bits per heavy atom. The van der Waals surface area contributed by atoms with Gasteiger partial charge >= 0.3 is 0 Å². The maximum Gasteiger partial charge on any atom is 0.220 e. The number of allylic oxidation sites excluding steroid dienone is 3. The van der Waals surface area contributed by atoms with E-state index in [0.717, 1.165) is 38.5 Å². The van der Waals surface area contributed by atoms with Crippen molar-refractivity contribution >= 4 is 5.91 Å². The summed E-state index contributed by atoms with van der Waals surface area (Å²) in [4.78, 5) is 12.8. The van der Waals surface area contributed by atoms with E-state index in [9.17, 15) is 30.3 Å². The third-order valence-corrected chi connectivity index (χ3v) is 8.03. The number of rotatable bonds is 26. The summed E-state index contributed by atoms with van der Waals surface area (Å²) in [6.07, 6.45) is 19.5. The van der Waals surface area contributed by atoms with Crippen molar-refractivity contribution in [2.24, 2.45) is 0 Å². The van der Waals surface area contributed by atoms with Gasteiger partial charge in [0.25, 0.3) is 0 Å². The molecule has 0 spiro atoms. The quantitative estimate of drug-likeness (QED) is 0.0601. The molecule has 7 atom stereocenters. The molecule has 0 aromatic carbocycles. The molecule has 2 unspecified atom stereocenters. The van der Waals surface area contributed by atoms with E-state index in [0.29, 0.717) is 6.42 Å². The zero-order valence-corrected chi connectivity index (χ0v) is 27.0. The fourth-order valence-corrected chi connectivity index (χ4v) is 5.17. The summed E-state index contributed by atoms with van der Waals surface area (Å²) in [5.41, 5.74) is 0. The van der Waals surface area contributed by atoms with E-state index in [2.05, 4.69) is 31.3 Å². The van der Waals surface area contributed by atoms with Crippen LogP contribution in [0.4, 0.5) is 0 Å². The van der Waals surface area contributed by atoms with Gasteiger partial charge in [-0.3, -0.25) is 4.79 Å². The van der Waals surface area contributed by atoms with E-state index < -0.39 is 49.5 Å². The number of aliphatic hydroxyl groups is 5. The van der Waals surface area contributed by atoms with Crippen LogP contribution in [0, 0.1) is 0 Å². The van der Waals surface area contributed by atoms with Gasteiger partial charge in [-0.15, -0.1) is 0 Å². The van der Waals surface area contributed by atoms with E-state index >= 15 is 0 Å². The Morgan fingerprint density at radius 3 is 1.95 bits per heavy atom. The smallest absolute Gasteiger partial charge is 0.220 e. The first-order valence-electron chi connectivity index (χ1n) is 17.1. The zero-order valence-electron chi connectivity index (χ0n) is 27.0. The Balaban J connectivity index is 2.54. The van der Waals surface area contributed by atoms with Gasteiger partial charge in [-0.25, -0.2) is 0 Å². The van der Waals surface area contributed by atoms with Crippen molar-refractivity contribution in [2.75, 3.05) is 13.2 Å². The monoisotopic (exact) mass is 613 g/mol. The number of aliphatic hydroxyl groups excluding tert-OH is 5. The van der Waals surface area contributed by atoms with E-state index in [-0.39, 0.29) is 12.5 Å². The van der Waals surface area contributed by atoms with Crippen LogP contribution >= 0.6 is 0 Å². The van der Waals surface area contributed by atoms with Crippen LogP contribution in [0.25, 0.3) is 0 Å². The molecule has 252 valence electrons. The average Bonchev–Trinajstić information content (AvgIpc) is 3.00. The summed E-state index contributed by atoms with van der Waals surface area (Å²) in [7, 11) is 0. The fourth-order valence-electron chi connectivity index (χ4n) is 5.17. The molecule has 1 fully saturated rings. The van der Waals surface area contributed by atoms with Gasteiger partial charge in [-0.2, -0.15) is 0 Å². The number of ether oxygens (including phenoxy) is 2. The van der Waals surface area contributed by atoms with Crippen molar-refractivity contribution in [3.63, 3.8) is 0 Å². The van der Waals surface area contributed by atoms with Gasteiger partial charge in [0.05, 0.1) is 25.4 Å². The van der Waals surface area contributed by atoms with Crippen LogP contribution in [0.15, 0.2) is 24.3 Å². The lowest BCUT2D eigenvalue weighted by Crippen LogP contribution is -2.60. The van der Waals surface area contributed by atoms with Crippen LogP contribution in [0.3, 0.4) is 0 Å². The van der Waals surface area contributed by atoms with Crippen molar-refractivity contribution in [3.05, 3.63) is 24.3 Å². The van der Waals surface area contributed by atoms with Crippen LogP contribution in [-0.2, 0) is 14.3 Å². The molecule has 0 aromatic rings. The molecule has 9 heteroatoms. The van der Waals surface area contributed by atoms with Gasteiger partial charge < -0.3 is 40.3 Å². The van der Waals surface area contributed by atoms with Gasteiger partial charge in [0.2, 0.25) is 5.91 Å². The Bertz CT molecular complexity index is 731. The predicted molar refractivity (Wildman–Crippen MR) is 170 cm³/mol. The van der Waals surface area contributed by atoms with Crippen molar-refractivity contribution < 1.29 is 39.8 Å². The number of unbranched alkanes of at least 4 members (excludes halogenated alkanes) is 14. The Morgan fingerprint density at radius 1 is 0.767 bits per heavy atom. The molecule has 6 N–H and O–H groups in total. The lowest BCUT2D eigenvalue weighted by atomic mass is 9.99. The molecule has 0 bridgehead atoms. The zero-order chi connectivity index (χ0) is 31.7. The number of amides is 1. The van der Waals surface area contributed by atoms with E-state index in [4.69, 9.17) is 9.47 Å². The first kappa shape index (κ1) is 39.7. The molecular formula is C34H63NO8. The summed E-state index contributed by atoms with van der Waals surface area (Å²) in [5.74, 6) is -0.194. The second-order valence-electron chi connectivity index (χ2n) is 12.0. The van der Waals surface area contributed by atoms with Crippen molar-refractivity contribution in [3.8, 4) is 0 Å². The van der Waals surface area contributed by atoms with E-state index in [1.807, 2.05) is 6.08 Å². The van der Waals surface area contributed by atoms with Crippen LogP contribution in [0.2, 0.25) is 0 Å². The predicted octanol–water partition coefficient (Wildman–Crippen LogP) is 4.82. The standard InChI is InChI=1S/C34H63NO8/c1-3-5-7-9-11-13-14-16-18-20-22-24-30(38)35-27(28(37)23-21-19-17-15-12-10-8-6-4-2)26-42-34-33(41)32(40)31(39)29(25-36)43-34/h12,15,21,23,27-29,31-34,36-37,39-41H,3-11,13-14,16-20,22,24-26H2,1-2H3,(H,35,38)/b15-12+,23-21+/t27-,28+,29+,31+,32?,33?,34+/m0/s1. The summed E-state index contributed by atoms with van der Waals surface area (Å²) < 4.78 is 11.1. The lowest BCUT2D eigenvalue weighted by molar-refractivity contribution is -0.302. The Labute approximate surface area is 260 Å². The second kappa shape index (κ2) is 25.9. The number of hydrogen-bond acceptors (Lipinski definition) is 8. The fraction of sp³-hybridized carbons (Fsp3) is 0.853. The first-order chi connectivity index (χ1) is 20.8. The number of nitrogens with one attached hydrogen (secondary N) is 1. The molecule has 1 heterocycles. The molecule has 1 amide bonds. The summed E-state index contributed by atoms with van der Waals surface area (Å²) in [5, 5.41) is 53.5. The maximum atomic E-state index is 12.8. The van der Waals surface area contributed by atoms with Gasteiger partial charge in [-0.1, -0.05) is 115 Å². The number of carbonyl (C=O) groups excluding carboxylic acids is 1. The van der Waals surface area contributed by atoms with Gasteiger partial charge in [0, 0.05) is 6.42 Å². The molecular weight excluding hydrogens is 550 g/mol. The molecule has 9 nitrogen and oxygen atoms in total. The second-order valence-corrected chi connectivity index (χ2v) is 12.0. The highest BCUT2D eigenvalue weighted by atomic mass is 16.7. The molecule has 43 heavy (non-hydrogen) atoms. The highest BCUT2D eigenvalue weighted by Gasteiger charge is 2.44. The first-order valence-corrected chi connectivity index (χ1v) is 17.1. The minimum absolute atomic E-state index is 0.194. The highest BCUT2D eigenvalue weighted by molar-refractivity contribution is 5.76. The van der Waals surface area contributed by atoms with Crippen LogP contribution in [-0.4, -0.2) is 87.5 Å². The van der Waals surface area contributed by atoms with E-state index in [1.165, 1.54) is 70.6 Å². The minimum Gasteiger partial charge on any atom is -0.394 e. The van der Waals surface area contributed by atoms with Crippen LogP contribution in [0.5, 0.6) is 0 Å². The molecule has 0 aliphatic carbocycles. The Hall–Kier alpha value is -1.33. The number of hydrogen-bond donors (Lipinski definition) is 6. The van der Waals surface area contributed by atoms with E-state index in [1.54, 1.807) is 6.08 Å². The van der Waals surface area contributed by atoms with Gasteiger partial charge in [0.15, 0.2) is 6.29 Å². The molecule has 0 saturated carbocycles. The van der Waals surface area contributed by atoms with Crippen LogP contribution in [0.1, 0.15) is 129 Å². The van der Waals surface area contributed by atoms with Crippen LogP contribution < -0.4 is 5.32 Å². The third kappa shape index (κ3) is 18.3. The molecule has 0 radical (unpaired) electrons. The molecule has 1 aliphatic rings. The number of carbonyl (C=O) groups is 1. The third-order valence-electron chi connectivity index (χ3n) is 8.03. The normalized spacial score (nSPS) is 24.1. The Kier molecular flexibility index (Phi) is 23.9. The van der Waals surface area contributed by atoms with Gasteiger partial charge in [0.1, 0.15) is 24.4 Å². The molecule has 1 rings (SSSR count). The highest BCUT2D eigenvalue weighted by Crippen LogP contribution is 2.22. The summed E-state index contributed by atoms with van der Waals surface area (Å²) in [6, 6.07) is -0.812. The van der Waals surface area contributed by atoms with Crippen molar-refractivity contribution in [1.29, 1.82) is 0 Å². The van der Waals surface area contributed by atoms with Crippen molar-refractivity contribution in [2.45, 2.75) is 172 Å². The molecule has 1 aliphatic heterocycles. The summed E-state index contributed by atoms with van der Waals surface area (Å²) in [6.45, 7) is 3.65. The topological polar surface area (TPSA) is 149 Å². The minimum atomic E-state index is -1.56. The van der Waals surface area contributed by atoms with Gasteiger partial charge in [-0.05, 0) is 32.1 Å². The molecule has 0 aromatic heterocycles.